The lowest BCUT2D eigenvalue weighted by Gasteiger charge is -2.31. The van der Waals surface area contributed by atoms with Gasteiger partial charge in [0.05, 0.1) is 22.7 Å². The zero-order valence-corrected chi connectivity index (χ0v) is 17.9. The van der Waals surface area contributed by atoms with Gasteiger partial charge in [-0.2, -0.15) is 0 Å². The van der Waals surface area contributed by atoms with E-state index < -0.39 is 41.4 Å². The van der Waals surface area contributed by atoms with Crippen LogP contribution in [0.4, 0.5) is 14.5 Å². The quantitative estimate of drug-likeness (QED) is 0.523. The Morgan fingerprint density at radius 1 is 1.12 bits per heavy atom. The summed E-state index contributed by atoms with van der Waals surface area (Å²) in [5.41, 5.74) is 5.79. The van der Waals surface area contributed by atoms with Gasteiger partial charge in [0.1, 0.15) is 5.69 Å². The van der Waals surface area contributed by atoms with E-state index in [1.54, 1.807) is 4.57 Å². The number of ketones is 1. The molecular formula is C22H22ClF2N3O4. The molecule has 1 fully saturated rings. The molecule has 2 amide bonds. The molecule has 2 atom stereocenters. The molecule has 0 spiro atoms. The van der Waals surface area contributed by atoms with Gasteiger partial charge in [0, 0.05) is 24.0 Å². The van der Waals surface area contributed by atoms with Gasteiger partial charge in [0.15, 0.2) is 11.6 Å². The number of hydrogen-bond donors (Lipinski definition) is 2. The SMILES string of the molecule is NC(=O)c1c(Cl)c(C(=O)C(=O)N(c2ccc(F)c(F)c2)C2CCCC2O)n2c1CCCC2. The van der Waals surface area contributed by atoms with Gasteiger partial charge in [-0.1, -0.05) is 11.6 Å². The van der Waals surface area contributed by atoms with E-state index in [9.17, 15) is 28.3 Å². The molecule has 7 nitrogen and oxygen atoms in total. The Bertz CT molecular complexity index is 1120. The van der Waals surface area contributed by atoms with Crippen molar-refractivity contribution in [3.05, 3.63) is 51.8 Å². The van der Waals surface area contributed by atoms with Gasteiger partial charge in [0.25, 0.3) is 11.7 Å². The van der Waals surface area contributed by atoms with Crippen molar-refractivity contribution in [2.45, 2.75) is 57.2 Å². The van der Waals surface area contributed by atoms with Crippen molar-refractivity contribution in [1.82, 2.24) is 4.57 Å². The Balaban J connectivity index is 1.80. The van der Waals surface area contributed by atoms with E-state index in [0.29, 0.717) is 37.9 Å². The minimum atomic E-state index is -1.19. The van der Waals surface area contributed by atoms with Gasteiger partial charge >= 0.3 is 5.91 Å². The molecule has 2 aromatic rings. The van der Waals surface area contributed by atoms with Gasteiger partial charge in [0.2, 0.25) is 0 Å². The molecule has 1 aromatic heterocycles. The van der Waals surface area contributed by atoms with Crippen molar-refractivity contribution in [3.8, 4) is 0 Å². The van der Waals surface area contributed by atoms with Gasteiger partial charge in [-0.25, -0.2) is 8.78 Å². The molecule has 4 rings (SSSR count). The number of carbonyl (C=O) groups is 3. The summed E-state index contributed by atoms with van der Waals surface area (Å²) in [4.78, 5) is 39.8. The number of benzene rings is 1. The third kappa shape index (κ3) is 3.69. The van der Waals surface area contributed by atoms with E-state index in [-0.39, 0.29) is 22.0 Å². The molecule has 2 heterocycles. The molecule has 170 valence electrons. The van der Waals surface area contributed by atoms with E-state index in [1.165, 1.54) is 6.07 Å². The molecule has 32 heavy (non-hydrogen) atoms. The topological polar surface area (TPSA) is 106 Å². The fourth-order valence-corrected chi connectivity index (χ4v) is 5.09. The maximum Gasteiger partial charge on any atom is 0.301 e. The summed E-state index contributed by atoms with van der Waals surface area (Å²) in [5, 5.41) is 10.2. The standard InChI is InChI=1S/C22H22ClF2N3O4/c23-18-17(21(26)31)15-4-1-2-9-27(15)19(18)20(30)22(32)28(14-5-3-6-16(14)29)11-7-8-12(24)13(25)10-11/h7-8,10,14,16,29H,1-6,9H2,(H2,26,31). The summed E-state index contributed by atoms with van der Waals surface area (Å²) in [6.07, 6.45) is 2.42. The van der Waals surface area contributed by atoms with Crippen LogP contribution in [-0.2, 0) is 17.8 Å². The third-order valence-corrected chi connectivity index (χ3v) is 6.56. The number of aromatic nitrogens is 1. The van der Waals surface area contributed by atoms with Crippen LogP contribution in [0.1, 0.15) is 58.6 Å². The van der Waals surface area contributed by atoms with Crippen LogP contribution in [0.25, 0.3) is 0 Å². The van der Waals surface area contributed by atoms with Crippen molar-refractivity contribution in [2.24, 2.45) is 5.73 Å². The fourth-order valence-electron chi connectivity index (χ4n) is 4.70. The Kier molecular flexibility index (Phi) is 6.05. The molecule has 1 aliphatic heterocycles. The number of carbonyl (C=O) groups excluding carboxylic acids is 3. The van der Waals surface area contributed by atoms with Crippen LogP contribution < -0.4 is 10.6 Å². The van der Waals surface area contributed by atoms with Crippen LogP contribution in [0.3, 0.4) is 0 Å². The number of nitrogens with zero attached hydrogens (tertiary/aromatic N) is 2. The minimum Gasteiger partial charge on any atom is -0.391 e. The number of halogens is 3. The highest BCUT2D eigenvalue weighted by Gasteiger charge is 2.40. The predicted octanol–water partition coefficient (Wildman–Crippen LogP) is 2.98. The molecule has 0 bridgehead atoms. The van der Waals surface area contributed by atoms with Gasteiger partial charge in [-0.3, -0.25) is 19.3 Å². The smallest absolute Gasteiger partial charge is 0.301 e. The monoisotopic (exact) mass is 465 g/mol. The molecule has 3 N–H and O–H groups in total. The molecule has 2 aliphatic rings. The molecule has 1 saturated carbocycles. The Morgan fingerprint density at radius 2 is 1.88 bits per heavy atom. The normalized spacial score (nSPS) is 20.1. The summed E-state index contributed by atoms with van der Waals surface area (Å²) in [6.45, 7) is 0.383. The number of amides is 2. The van der Waals surface area contributed by atoms with Gasteiger partial charge < -0.3 is 15.4 Å². The predicted molar refractivity (Wildman–Crippen MR) is 113 cm³/mol. The highest BCUT2D eigenvalue weighted by Crippen LogP contribution is 2.35. The number of rotatable bonds is 5. The molecule has 10 heteroatoms. The van der Waals surface area contributed by atoms with Crippen LogP contribution in [0.15, 0.2) is 18.2 Å². The average Bonchev–Trinajstić information content (AvgIpc) is 3.30. The number of aliphatic hydroxyl groups is 1. The van der Waals surface area contributed by atoms with Crippen molar-refractivity contribution >= 4 is 34.9 Å². The molecule has 0 radical (unpaired) electrons. The highest BCUT2D eigenvalue weighted by atomic mass is 35.5. The first kappa shape index (κ1) is 22.4. The number of Topliss-reactive ketones (excluding diaryl/α,β-unsaturated/α-hetero) is 1. The second-order valence-corrected chi connectivity index (χ2v) is 8.50. The van der Waals surface area contributed by atoms with E-state index in [2.05, 4.69) is 0 Å². The maximum atomic E-state index is 14.0. The summed E-state index contributed by atoms with van der Waals surface area (Å²) >= 11 is 6.37. The lowest BCUT2D eigenvalue weighted by Crippen LogP contribution is -2.48. The zero-order chi connectivity index (χ0) is 23.2. The van der Waals surface area contributed by atoms with E-state index in [4.69, 9.17) is 17.3 Å². The Labute approximate surface area is 187 Å². The van der Waals surface area contributed by atoms with Gasteiger partial charge in [-0.05, 0) is 50.7 Å². The number of primary amides is 1. The summed E-state index contributed by atoms with van der Waals surface area (Å²) in [6, 6.07) is 2.06. The Morgan fingerprint density at radius 3 is 2.50 bits per heavy atom. The first-order valence-corrected chi connectivity index (χ1v) is 10.8. The molecular weight excluding hydrogens is 444 g/mol. The summed E-state index contributed by atoms with van der Waals surface area (Å²) in [7, 11) is 0. The largest absolute Gasteiger partial charge is 0.391 e. The lowest BCUT2D eigenvalue weighted by atomic mass is 10.1. The molecule has 0 saturated heterocycles. The van der Waals surface area contributed by atoms with E-state index in [1.807, 2.05) is 0 Å². The number of aliphatic hydroxyl groups excluding tert-OH is 1. The second kappa shape index (κ2) is 8.63. The van der Waals surface area contributed by atoms with Crippen molar-refractivity contribution in [3.63, 3.8) is 0 Å². The van der Waals surface area contributed by atoms with E-state index >= 15 is 0 Å². The maximum absolute atomic E-state index is 14.0. The minimum absolute atomic E-state index is 0.0165. The molecule has 1 aliphatic carbocycles. The molecule has 1 aromatic carbocycles. The average molecular weight is 466 g/mol. The van der Waals surface area contributed by atoms with Crippen LogP contribution in [0, 0.1) is 11.6 Å². The number of nitrogens with two attached hydrogens (primary N) is 1. The fraction of sp³-hybridized carbons (Fsp3) is 0.409. The van der Waals surface area contributed by atoms with Gasteiger partial charge in [-0.15, -0.1) is 0 Å². The number of hydrogen-bond acceptors (Lipinski definition) is 4. The summed E-state index contributed by atoms with van der Waals surface area (Å²) in [5.74, 6) is -5.14. The first-order chi connectivity index (χ1) is 15.2. The Hall–Kier alpha value is -2.78. The van der Waals surface area contributed by atoms with Crippen LogP contribution >= 0.6 is 11.6 Å². The first-order valence-electron chi connectivity index (χ1n) is 10.4. The van der Waals surface area contributed by atoms with E-state index in [0.717, 1.165) is 29.9 Å². The summed E-state index contributed by atoms with van der Waals surface area (Å²) < 4.78 is 29.0. The highest BCUT2D eigenvalue weighted by molar-refractivity contribution is 6.50. The second-order valence-electron chi connectivity index (χ2n) is 8.13. The lowest BCUT2D eigenvalue weighted by molar-refractivity contribution is -0.115. The zero-order valence-electron chi connectivity index (χ0n) is 17.1. The van der Waals surface area contributed by atoms with Crippen molar-refractivity contribution < 1.29 is 28.3 Å². The van der Waals surface area contributed by atoms with Crippen molar-refractivity contribution in [2.75, 3.05) is 4.90 Å². The van der Waals surface area contributed by atoms with Crippen LogP contribution in [0.5, 0.6) is 0 Å². The van der Waals surface area contributed by atoms with Crippen LogP contribution in [-0.4, -0.2) is 39.4 Å². The van der Waals surface area contributed by atoms with Crippen molar-refractivity contribution in [1.29, 1.82) is 0 Å². The van der Waals surface area contributed by atoms with Crippen LogP contribution in [0.2, 0.25) is 5.02 Å². The third-order valence-electron chi connectivity index (χ3n) is 6.19. The number of anilines is 1. The number of fused-ring (bicyclic) bond motifs is 1. The molecule has 2 unspecified atom stereocenters.